The second-order valence-corrected chi connectivity index (χ2v) is 6.32. The van der Waals surface area contributed by atoms with Crippen LogP contribution in [0.15, 0.2) is 18.2 Å². The van der Waals surface area contributed by atoms with Crippen LogP contribution in [0.5, 0.6) is 5.75 Å². The molecule has 24 heavy (non-hydrogen) atoms. The number of piperidine rings is 1. The summed E-state index contributed by atoms with van der Waals surface area (Å²) < 4.78 is 5.66. The molecule has 1 saturated heterocycles. The van der Waals surface area contributed by atoms with Gasteiger partial charge in [0.25, 0.3) is 0 Å². The number of hydrogen-bond acceptors (Lipinski definition) is 3. The van der Waals surface area contributed by atoms with Gasteiger partial charge in [0.05, 0.1) is 17.3 Å². The Labute approximate surface area is 147 Å². The Morgan fingerprint density at radius 2 is 2.21 bits per heavy atom. The number of urea groups is 1. The number of para-hydroxylation sites is 1. The molecule has 3 amide bonds. The number of likely N-dealkylation sites (tertiary alicyclic amines) is 1. The number of anilines is 1. The first-order valence-electron chi connectivity index (χ1n) is 8.30. The number of carbonyl (C=O) groups excluding carboxylic acids is 2. The minimum absolute atomic E-state index is 0.157. The van der Waals surface area contributed by atoms with E-state index in [2.05, 4.69) is 5.32 Å². The first kappa shape index (κ1) is 18.4. The molecule has 0 aliphatic carbocycles. The molecule has 6 nitrogen and oxygen atoms in total. The lowest BCUT2D eigenvalue weighted by Gasteiger charge is -2.35. The molecule has 2 rings (SSSR count). The van der Waals surface area contributed by atoms with Crippen LogP contribution in [-0.2, 0) is 4.79 Å². The Hall–Kier alpha value is -1.95. The summed E-state index contributed by atoms with van der Waals surface area (Å²) in [6, 6.07) is 4.81. The molecule has 7 heteroatoms. The van der Waals surface area contributed by atoms with Gasteiger partial charge in [-0.25, -0.2) is 4.79 Å². The van der Waals surface area contributed by atoms with Crippen molar-refractivity contribution in [3.05, 3.63) is 23.2 Å². The number of nitrogens with one attached hydrogen (secondary N) is 1. The van der Waals surface area contributed by atoms with Crippen LogP contribution in [0.3, 0.4) is 0 Å². The summed E-state index contributed by atoms with van der Waals surface area (Å²) in [5.74, 6) is 0.0762. The van der Waals surface area contributed by atoms with Crippen molar-refractivity contribution in [2.24, 2.45) is 5.73 Å². The van der Waals surface area contributed by atoms with Crippen molar-refractivity contribution < 1.29 is 14.3 Å². The number of carbonyl (C=O) groups is 2. The van der Waals surface area contributed by atoms with E-state index in [1.807, 2.05) is 6.92 Å². The summed E-state index contributed by atoms with van der Waals surface area (Å²) in [4.78, 5) is 25.6. The molecule has 0 radical (unpaired) electrons. The van der Waals surface area contributed by atoms with E-state index in [0.29, 0.717) is 29.6 Å². The highest BCUT2D eigenvalue weighted by Gasteiger charge is 2.28. The van der Waals surface area contributed by atoms with Gasteiger partial charge in [-0.1, -0.05) is 24.6 Å². The summed E-state index contributed by atoms with van der Waals surface area (Å²) in [6.45, 7) is 3.12. The molecule has 0 unspecified atom stereocenters. The van der Waals surface area contributed by atoms with E-state index in [1.165, 1.54) is 0 Å². The highest BCUT2D eigenvalue weighted by molar-refractivity contribution is 6.32. The quantitative estimate of drug-likeness (QED) is 0.822. The fraction of sp³-hybridized carbons (Fsp3) is 0.529. The van der Waals surface area contributed by atoms with E-state index in [-0.39, 0.29) is 18.5 Å². The molecule has 3 N–H and O–H groups in total. The molecule has 0 saturated carbocycles. The lowest BCUT2D eigenvalue weighted by molar-refractivity contribution is -0.119. The SMILES string of the molecule is CCCOc1c(Cl)cccc1NC(=O)N1CCCC[C@@H]1CC(N)=O. The third-order valence-corrected chi connectivity index (χ3v) is 4.28. The summed E-state index contributed by atoms with van der Waals surface area (Å²) >= 11 is 6.18. The zero-order chi connectivity index (χ0) is 17.5. The molecule has 0 bridgehead atoms. The molecule has 132 valence electrons. The number of ether oxygens (including phenoxy) is 1. The van der Waals surface area contributed by atoms with Gasteiger partial charge in [0.2, 0.25) is 5.91 Å². The second-order valence-electron chi connectivity index (χ2n) is 5.91. The largest absolute Gasteiger partial charge is 0.490 e. The Morgan fingerprint density at radius 1 is 1.42 bits per heavy atom. The highest BCUT2D eigenvalue weighted by Crippen LogP contribution is 2.33. The topological polar surface area (TPSA) is 84.7 Å². The number of nitrogens with zero attached hydrogens (tertiary/aromatic N) is 1. The van der Waals surface area contributed by atoms with Crippen molar-refractivity contribution in [3.63, 3.8) is 0 Å². The van der Waals surface area contributed by atoms with E-state index in [0.717, 1.165) is 25.7 Å². The van der Waals surface area contributed by atoms with Gasteiger partial charge in [-0.3, -0.25) is 4.79 Å². The lowest BCUT2D eigenvalue weighted by Crippen LogP contribution is -2.47. The van der Waals surface area contributed by atoms with Gasteiger partial charge in [-0.05, 0) is 37.8 Å². The van der Waals surface area contributed by atoms with E-state index in [9.17, 15) is 9.59 Å². The Morgan fingerprint density at radius 3 is 2.92 bits per heavy atom. The first-order valence-corrected chi connectivity index (χ1v) is 8.68. The van der Waals surface area contributed by atoms with Crippen molar-refractivity contribution in [3.8, 4) is 5.75 Å². The molecule has 1 aromatic carbocycles. The molecule has 1 aliphatic rings. The van der Waals surface area contributed by atoms with E-state index < -0.39 is 5.91 Å². The predicted octanol–water partition coefficient (Wildman–Crippen LogP) is 3.39. The normalized spacial score (nSPS) is 17.4. The van der Waals surface area contributed by atoms with Crippen LogP contribution in [-0.4, -0.2) is 36.0 Å². The number of nitrogens with two attached hydrogens (primary N) is 1. The smallest absolute Gasteiger partial charge is 0.322 e. The maximum atomic E-state index is 12.7. The Bertz CT molecular complexity index is 594. The predicted molar refractivity (Wildman–Crippen MR) is 94.4 cm³/mol. The van der Waals surface area contributed by atoms with E-state index >= 15 is 0 Å². The van der Waals surface area contributed by atoms with Crippen LogP contribution in [0, 0.1) is 0 Å². The molecule has 1 heterocycles. The molecule has 1 aliphatic heterocycles. The van der Waals surface area contributed by atoms with Gasteiger partial charge >= 0.3 is 6.03 Å². The number of benzene rings is 1. The van der Waals surface area contributed by atoms with Gasteiger partial charge < -0.3 is 20.7 Å². The molecule has 0 spiro atoms. The fourth-order valence-electron chi connectivity index (χ4n) is 2.86. The van der Waals surface area contributed by atoms with Gasteiger partial charge in [0.15, 0.2) is 5.75 Å². The standard InChI is InChI=1S/C17H24ClN3O3/c1-2-10-24-16-13(18)7-5-8-14(16)20-17(23)21-9-4-3-6-12(21)11-15(19)22/h5,7-8,12H,2-4,6,9-11H2,1H3,(H2,19,22)(H,20,23)/t12-/m1/s1. The minimum atomic E-state index is -0.394. The van der Waals surface area contributed by atoms with E-state index in [1.54, 1.807) is 23.1 Å². The van der Waals surface area contributed by atoms with Gasteiger partial charge in [-0.2, -0.15) is 0 Å². The average molecular weight is 354 g/mol. The van der Waals surface area contributed by atoms with Crippen LogP contribution in [0.4, 0.5) is 10.5 Å². The zero-order valence-corrected chi connectivity index (χ0v) is 14.6. The van der Waals surface area contributed by atoms with E-state index in [4.69, 9.17) is 22.1 Å². The second kappa shape index (κ2) is 8.78. The first-order chi connectivity index (χ1) is 11.5. The maximum Gasteiger partial charge on any atom is 0.322 e. The van der Waals surface area contributed by atoms with Crippen molar-refractivity contribution in [2.45, 2.75) is 45.1 Å². The van der Waals surface area contributed by atoms with Crippen molar-refractivity contribution in [1.82, 2.24) is 4.90 Å². The van der Waals surface area contributed by atoms with Gasteiger partial charge in [-0.15, -0.1) is 0 Å². The van der Waals surface area contributed by atoms with Crippen molar-refractivity contribution >= 4 is 29.2 Å². The van der Waals surface area contributed by atoms with Crippen molar-refractivity contribution in [2.75, 3.05) is 18.5 Å². The zero-order valence-electron chi connectivity index (χ0n) is 13.9. The van der Waals surface area contributed by atoms with Gasteiger partial charge in [0.1, 0.15) is 0 Å². The Balaban J connectivity index is 2.13. The van der Waals surface area contributed by atoms with Crippen molar-refractivity contribution in [1.29, 1.82) is 0 Å². The molecule has 1 aromatic rings. The molecule has 1 atom stereocenters. The number of rotatable bonds is 6. The number of primary amides is 1. The maximum absolute atomic E-state index is 12.7. The number of amides is 3. The summed E-state index contributed by atoms with van der Waals surface area (Å²) in [7, 11) is 0. The summed E-state index contributed by atoms with van der Waals surface area (Å²) in [5, 5.41) is 3.31. The molecule has 0 aromatic heterocycles. The monoisotopic (exact) mass is 353 g/mol. The van der Waals surface area contributed by atoms with Gasteiger partial charge in [0, 0.05) is 19.0 Å². The lowest BCUT2D eigenvalue weighted by atomic mass is 9.99. The fourth-order valence-corrected chi connectivity index (χ4v) is 3.09. The third-order valence-electron chi connectivity index (χ3n) is 3.98. The molecular weight excluding hydrogens is 330 g/mol. The molecular formula is C17H24ClN3O3. The van der Waals surface area contributed by atoms with Crippen LogP contribution >= 0.6 is 11.6 Å². The Kier molecular flexibility index (Phi) is 6.73. The van der Waals surface area contributed by atoms with Crippen LogP contribution in [0.1, 0.15) is 39.0 Å². The average Bonchev–Trinajstić information content (AvgIpc) is 2.54. The number of hydrogen-bond donors (Lipinski definition) is 2. The van der Waals surface area contributed by atoms with Crippen LogP contribution in [0.25, 0.3) is 0 Å². The molecule has 1 fully saturated rings. The highest BCUT2D eigenvalue weighted by atomic mass is 35.5. The van der Waals surface area contributed by atoms with Crippen LogP contribution in [0.2, 0.25) is 5.02 Å². The summed E-state index contributed by atoms with van der Waals surface area (Å²) in [6.07, 6.45) is 3.71. The van der Waals surface area contributed by atoms with Crippen LogP contribution < -0.4 is 15.8 Å². The number of halogens is 1. The minimum Gasteiger partial charge on any atom is -0.490 e. The third kappa shape index (κ3) is 4.77. The summed E-state index contributed by atoms with van der Waals surface area (Å²) in [5.41, 5.74) is 5.83.